The molecule has 0 bridgehead atoms. The van der Waals surface area contributed by atoms with Crippen molar-refractivity contribution in [1.82, 2.24) is 14.9 Å². The highest BCUT2D eigenvalue weighted by Crippen LogP contribution is 2.32. The predicted molar refractivity (Wildman–Crippen MR) is 149 cm³/mol. The summed E-state index contributed by atoms with van der Waals surface area (Å²) in [5, 5.41) is 12.0. The molecule has 2 heterocycles. The van der Waals surface area contributed by atoms with Gasteiger partial charge in [-0.1, -0.05) is 18.2 Å². The van der Waals surface area contributed by atoms with Crippen molar-refractivity contribution in [3.63, 3.8) is 0 Å². The third-order valence-corrected chi connectivity index (χ3v) is 6.05. The largest absolute Gasteiger partial charge is 0.369 e. The molecule has 1 aliphatic rings. The third-order valence-electron chi connectivity index (χ3n) is 5.77. The standard InChI is InChI=1S/C26H29ClN8O2/c1-4-24(37)31-23-15-19(29-17(2)36)7-10-22(23)32-25-21(27)16-28-26(33-25)30-18-5-8-20(9-6-18)35-13-11-34(3)12-14-35/h4-10,15-16H,1,11-14H2,2-3H3,(H,29,36)(H,31,37)(H2,28,30,32,33). The minimum absolute atomic E-state index is 0.229. The molecule has 1 fully saturated rings. The first-order valence-corrected chi connectivity index (χ1v) is 12.1. The Bertz CT molecular complexity index is 1290. The van der Waals surface area contributed by atoms with Crippen LogP contribution < -0.4 is 26.2 Å². The van der Waals surface area contributed by atoms with Crippen molar-refractivity contribution >= 4 is 63.6 Å². The lowest BCUT2D eigenvalue weighted by atomic mass is 10.2. The topological polar surface area (TPSA) is 115 Å². The van der Waals surface area contributed by atoms with Crippen molar-refractivity contribution in [2.45, 2.75) is 6.92 Å². The van der Waals surface area contributed by atoms with Gasteiger partial charge in [-0.25, -0.2) is 4.98 Å². The summed E-state index contributed by atoms with van der Waals surface area (Å²) in [6, 6.07) is 13.2. The Morgan fingerprint density at radius 2 is 1.68 bits per heavy atom. The zero-order valence-electron chi connectivity index (χ0n) is 20.7. The van der Waals surface area contributed by atoms with E-state index in [0.717, 1.165) is 37.9 Å². The Kier molecular flexibility index (Phi) is 8.22. The Morgan fingerprint density at radius 1 is 0.973 bits per heavy atom. The van der Waals surface area contributed by atoms with Crippen LogP contribution in [0, 0.1) is 0 Å². The lowest BCUT2D eigenvalue weighted by molar-refractivity contribution is -0.114. The van der Waals surface area contributed by atoms with Crippen molar-refractivity contribution in [3.05, 3.63) is 66.3 Å². The average molecular weight is 521 g/mol. The van der Waals surface area contributed by atoms with E-state index in [2.05, 4.69) is 66.8 Å². The Balaban J connectivity index is 1.51. The second kappa shape index (κ2) is 11.7. The number of carbonyl (C=O) groups excluding carboxylic acids is 2. The lowest BCUT2D eigenvalue weighted by Gasteiger charge is -2.34. The number of piperazine rings is 1. The van der Waals surface area contributed by atoms with Gasteiger partial charge in [-0.05, 0) is 55.6 Å². The van der Waals surface area contributed by atoms with E-state index in [9.17, 15) is 9.59 Å². The van der Waals surface area contributed by atoms with Crippen LogP contribution in [0.15, 0.2) is 61.3 Å². The maximum absolute atomic E-state index is 12.0. The molecule has 11 heteroatoms. The number of carbonyl (C=O) groups is 2. The van der Waals surface area contributed by atoms with Crippen LogP contribution in [0.5, 0.6) is 0 Å². The van der Waals surface area contributed by atoms with Gasteiger partial charge in [-0.3, -0.25) is 9.59 Å². The van der Waals surface area contributed by atoms with Gasteiger partial charge in [0.1, 0.15) is 5.02 Å². The average Bonchev–Trinajstić information content (AvgIpc) is 2.88. The summed E-state index contributed by atoms with van der Waals surface area (Å²) >= 11 is 6.37. The molecular weight excluding hydrogens is 492 g/mol. The zero-order chi connectivity index (χ0) is 26.4. The number of benzene rings is 2. The van der Waals surface area contributed by atoms with Crippen LogP contribution >= 0.6 is 11.6 Å². The molecule has 0 aliphatic carbocycles. The van der Waals surface area contributed by atoms with Gasteiger partial charge in [0, 0.05) is 50.2 Å². The molecule has 1 aromatic heterocycles. The fourth-order valence-electron chi connectivity index (χ4n) is 3.81. The van der Waals surface area contributed by atoms with Gasteiger partial charge in [0.2, 0.25) is 17.8 Å². The molecule has 37 heavy (non-hydrogen) atoms. The highest BCUT2D eigenvalue weighted by Gasteiger charge is 2.15. The highest BCUT2D eigenvalue weighted by atomic mass is 35.5. The van der Waals surface area contributed by atoms with E-state index in [4.69, 9.17) is 11.6 Å². The van der Waals surface area contributed by atoms with E-state index in [1.54, 1.807) is 18.2 Å². The van der Waals surface area contributed by atoms with Gasteiger partial charge < -0.3 is 31.1 Å². The van der Waals surface area contributed by atoms with Gasteiger partial charge in [0.15, 0.2) is 5.82 Å². The van der Waals surface area contributed by atoms with Gasteiger partial charge in [0.25, 0.3) is 0 Å². The maximum Gasteiger partial charge on any atom is 0.247 e. The number of hydrogen-bond acceptors (Lipinski definition) is 8. The van der Waals surface area contributed by atoms with Crippen LogP contribution in [-0.2, 0) is 9.59 Å². The number of anilines is 7. The SMILES string of the molecule is C=CC(=O)Nc1cc(NC(C)=O)ccc1Nc1nc(Nc2ccc(N3CCN(C)CC3)cc2)ncc1Cl. The van der Waals surface area contributed by atoms with Gasteiger partial charge in [-0.2, -0.15) is 4.98 Å². The molecule has 0 unspecified atom stereocenters. The van der Waals surface area contributed by atoms with Crippen molar-refractivity contribution in [1.29, 1.82) is 0 Å². The Hall–Kier alpha value is -4.15. The van der Waals surface area contributed by atoms with E-state index < -0.39 is 5.91 Å². The number of hydrogen-bond donors (Lipinski definition) is 4. The van der Waals surface area contributed by atoms with Crippen LogP contribution in [0.3, 0.4) is 0 Å². The summed E-state index contributed by atoms with van der Waals surface area (Å²) in [6.45, 7) is 8.98. The van der Waals surface area contributed by atoms with Crippen LogP contribution in [0.25, 0.3) is 0 Å². The molecule has 3 aromatic rings. The highest BCUT2D eigenvalue weighted by molar-refractivity contribution is 6.33. The second-order valence-electron chi connectivity index (χ2n) is 8.61. The number of nitrogens with one attached hydrogen (secondary N) is 4. The minimum atomic E-state index is -0.404. The van der Waals surface area contributed by atoms with Gasteiger partial charge in [0.05, 0.1) is 17.6 Å². The summed E-state index contributed by atoms with van der Waals surface area (Å²) < 4.78 is 0. The molecule has 0 saturated carbocycles. The van der Waals surface area contributed by atoms with E-state index in [1.165, 1.54) is 18.8 Å². The monoisotopic (exact) mass is 520 g/mol. The molecule has 192 valence electrons. The van der Waals surface area contributed by atoms with E-state index in [-0.39, 0.29) is 5.91 Å². The summed E-state index contributed by atoms with van der Waals surface area (Å²) in [5.74, 6) is 0.0624. The number of likely N-dealkylation sites (N-methyl/N-ethyl adjacent to an activating group) is 1. The predicted octanol–water partition coefficient (Wildman–Crippen LogP) is 4.45. The first-order chi connectivity index (χ1) is 17.8. The molecular formula is C26H29ClN8O2. The first kappa shape index (κ1) is 25.9. The van der Waals surface area contributed by atoms with Crippen molar-refractivity contribution < 1.29 is 9.59 Å². The summed E-state index contributed by atoms with van der Waals surface area (Å²) in [5.41, 5.74) is 3.47. The lowest BCUT2D eigenvalue weighted by Crippen LogP contribution is -2.44. The van der Waals surface area contributed by atoms with Crippen LogP contribution in [-0.4, -0.2) is 59.9 Å². The Labute approximate surface area is 220 Å². The molecule has 1 aliphatic heterocycles. The normalized spacial score (nSPS) is 13.5. The maximum atomic E-state index is 12.0. The van der Waals surface area contributed by atoms with Crippen LogP contribution in [0.1, 0.15) is 6.92 Å². The zero-order valence-corrected chi connectivity index (χ0v) is 21.5. The molecule has 2 aromatic carbocycles. The fraction of sp³-hybridized carbons (Fsp3) is 0.231. The second-order valence-corrected chi connectivity index (χ2v) is 9.02. The molecule has 2 amide bonds. The molecule has 10 nitrogen and oxygen atoms in total. The number of halogens is 1. The van der Waals surface area contributed by atoms with E-state index >= 15 is 0 Å². The smallest absolute Gasteiger partial charge is 0.247 e. The summed E-state index contributed by atoms with van der Waals surface area (Å²) in [6.07, 6.45) is 2.65. The van der Waals surface area contributed by atoms with Crippen molar-refractivity contribution in [2.24, 2.45) is 0 Å². The van der Waals surface area contributed by atoms with Gasteiger partial charge >= 0.3 is 0 Å². The number of amides is 2. The number of rotatable bonds is 8. The number of aromatic nitrogens is 2. The fourth-order valence-corrected chi connectivity index (χ4v) is 3.95. The van der Waals surface area contributed by atoms with Gasteiger partial charge in [-0.15, -0.1) is 0 Å². The summed E-state index contributed by atoms with van der Waals surface area (Å²) in [4.78, 5) is 36.9. The molecule has 1 saturated heterocycles. The first-order valence-electron chi connectivity index (χ1n) is 11.8. The molecule has 4 N–H and O–H groups in total. The Morgan fingerprint density at radius 3 is 2.35 bits per heavy atom. The van der Waals surface area contributed by atoms with Crippen molar-refractivity contribution in [3.8, 4) is 0 Å². The molecule has 0 radical (unpaired) electrons. The third kappa shape index (κ3) is 6.96. The van der Waals surface area contributed by atoms with E-state index in [0.29, 0.717) is 33.9 Å². The molecule has 0 atom stereocenters. The quantitative estimate of drug-likeness (QED) is 0.322. The van der Waals surface area contributed by atoms with Crippen LogP contribution in [0.4, 0.5) is 40.2 Å². The molecule has 0 spiro atoms. The van der Waals surface area contributed by atoms with Crippen molar-refractivity contribution in [2.75, 3.05) is 59.4 Å². The van der Waals surface area contributed by atoms with Crippen LogP contribution in [0.2, 0.25) is 5.02 Å². The number of nitrogens with zero attached hydrogens (tertiary/aromatic N) is 4. The minimum Gasteiger partial charge on any atom is -0.369 e. The molecule has 4 rings (SSSR count). The van der Waals surface area contributed by atoms with E-state index in [1.807, 2.05) is 12.1 Å². The summed E-state index contributed by atoms with van der Waals surface area (Å²) in [7, 11) is 2.14.